The van der Waals surface area contributed by atoms with E-state index >= 15 is 0 Å². The van der Waals surface area contributed by atoms with Crippen LogP contribution in [0, 0.1) is 5.92 Å². The molecule has 0 spiro atoms. The van der Waals surface area contributed by atoms with Crippen LogP contribution in [0.3, 0.4) is 0 Å². The number of phenolic OH excluding ortho intramolecular Hbond substituents is 1. The third-order valence-electron chi connectivity index (χ3n) is 2.72. The van der Waals surface area contributed by atoms with Crippen LogP contribution in [0.25, 0.3) is 0 Å². The van der Waals surface area contributed by atoms with Gasteiger partial charge in [0, 0.05) is 13.2 Å². The Labute approximate surface area is 84.5 Å². The molecule has 1 heterocycles. The number of rotatable bonds is 2. The lowest BCUT2D eigenvalue weighted by atomic mass is 9.94. The Kier molecular flexibility index (Phi) is 3.04. The molecule has 2 heteroatoms. The number of hydrogen-bond acceptors (Lipinski definition) is 2. The zero-order chi connectivity index (χ0) is 9.80. The second-order valence-corrected chi connectivity index (χ2v) is 3.95. The van der Waals surface area contributed by atoms with Crippen molar-refractivity contribution in [1.82, 2.24) is 0 Å². The van der Waals surface area contributed by atoms with Crippen LogP contribution >= 0.6 is 0 Å². The van der Waals surface area contributed by atoms with Crippen LogP contribution in [0.4, 0.5) is 0 Å². The van der Waals surface area contributed by atoms with Crippen molar-refractivity contribution in [2.24, 2.45) is 5.92 Å². The first-order chi connectivity index (χ1) is 6.84. The molecular formula is C12H16O2. The van der Waals surface area contributed by atoms with Gasteiger partial charge in [0.1, 0.15) is 5.75 Å². The summed E-state index contributed by atoms with van der Waals surface area (Å²) in [6.07, 6.45) is 3.52. The lowest BCUT2D eigenvalue weighted by Gasteiger charge is -2.21. The Hall–Kier alpha value is -1.02. The highest BCUT2D eigenvalue weighted by molar-refractivity contribution is 5.26. The summed E-state index contributed by atoms with van der Waals surface area (Å²) in [6, 6.07) is 7.48. The van der Waals surface area contributed by atoms with Crippen molar-refractivity contribution < 1.29 is 9.84 Å². The van der Waals surface area contributed by atoms with Crippen molar-refractivity contribution in [2.45, 2.75) is 19.3 Å². The summed E-state index contributed by atoms with van der Waals surface area (Å²) in [4.78, 5) is 0. The van der Waals surface area contributed by atoms with Gasteiger partial charge in [-0.05, 0) is 42.9 Å². The van der Waals surface area contributed by atoms with Crippen molar-refractivity contribution in [3.05, 3.63) is 29.8 Å². The summed E-state index contributed by atoms with van der Waals surface area (Å²) in [5, 5.41) is 9.14. The van der Waals surface area contributed by atoms with Crippen molar-refractivity contribution in [1.29, 1.82) is 0 Å². The van der Waals surface area contributed by atoms with E-state index in [2.05, 4.69) is 0 Å². The molecule has 0 bridgehead atoms. The monoisotopic (exact) mass is 192 g/mol. The highest BCUT2D eigenvalue weighted by atomic mass is 16.5. The number of phenols is 1. The minimum absolute atomic E-state index is 0.341. The second kappa shape index (κ2) is 4.47. The van der Waals surface area contributed by atoms with E-state index in [1.165, 1.54) is 18.4 Å². The number of hydrogen-bond donors (Lipinski definition) is 1. The third-order valence-corrected chi connectivity index (χ3v) is 2.72. The zero-order valence-electron chi connectivity index (χ0n) is 8.28. The normalized spacial score (nSPS) is 22.1. The van der Waals surface area contributed by atoms with Crippen LogP contribution in [0.2, 0.25) is 0 Å². The fourth-order valence-corrected chi connectivity index (χ4v) is 1.93. The topological polar surface area (TPSA) is 29.5 Å². The summed E-state index contributed by atoms with van der Waals surface area (Å²) in [5.41, 5.74) is 1.29. The van der Waals surface area contributed by atoms with Crippen molar-refractivity contribution in [2.75, 3.05) is 13.2 Å². The Morgan fingerprint density at radius 1 is 1.29 bits per heavy atom. The van der Waals surface area contributed by atoms with Gasteiger partial charge in [0.05, 0.1) is 0 Å². The highest BCUT2D eigenvalue weighted by Gasteiger charge is 2.13. The van der Waals surface area contributed by atoms with E-state index < -0.39 is 0 Å². The van der Waals surface area contributed by atoms with Gasteiger partial charge in [0.25, 0.3) is 0 Å². The molecule has 1 N–H and O–H groups in total. The lowest BCUT2D eigenvalue weighted by Crippen LogP contribution is -2.19. The molecule has 1 atom stereocenters. The van der Waals surface area contributed by atoms with Crippen LogP contribution in [-0.4, -0.2) is 18.3 Å². The maximum atomic E-state index is 9.14. The van der Waals surface area contributed by atoms with Crippen LogP contribution in [0.5, 0.6) is 5.75 Å². The van der Waals surface area contributed by atoms with Crippen LogP contribution < -0.4 is 0 Å². The Morgan fingerprint density at radius 2 is 2.07 bits per heavy atom. The molecule has 0 amide bonds. The van der Waals surface area contributed by atoms with Crippen LogP contribution in [0.1, 0.15) is 18.4 Å². The van der Waals surface area contributed by atoms with Gasteiger partial charge in [-0.25, -0.2) is 0 Å². The fourth-order valence-electron chi connectivity index (χ4n) is 1.93. The smallest absolute Gasteiger partial charge is 0.115 e. The Morgan fingerprint density at radius 3 is 2.71 bits per heavy atom. The van der Waals surface area contributed by atoms with E-state index in [1.54, 1.807) is 12.1 Å². The molecule has 1 unspecified atom stereocenters. The van der Waals surface area contributed by atoms with Crippen LogP contribution in [0.15, 0.2) is 24.3 Å². The fraction of sp³-hybridized carbons (Fsp3) is 0.500. The van der Waals surface area contributed by atoms with E-state index in [4.69, 9.17) is 9.84 Å². The molecule has 2 rings (SSSR count). The minimum Gasteiger partial charge on any atom is -0.508 e. The van der Waals surface area contributed by atoms with Gasteiger partial charge >= 0.3 is 0 Å². The zero-order valence-corrected chi connectivity index (χ0v) is 8.28. The predicted molar refractivity (Wildman–Crippen MR) is 55.4 cm³/mol. The number of aromatic hydroxyl groups is 1. The van der Waals surface area contributed by atoms with Gasteiger partial charge in [0.15, 0.2) is 0 Å². The van der Waals surface area contributed by atoms with E-state index in [0.29, 0.717) is 11.7 Å². The Bertz CT molecular complexity index is 273. The summed E-state index contributed by atoms with van der Waals surface area (Å²) in [6.45, 7) is 1.81. The summed E-state index contributed by atoms with van der Waals surface area (Å²) >= 11 is 0. The Balaban J connectivity index is 1.92. The van der Waals surface area contributed by atoms with Crippen molar-refractivity contribution in [3.63, 3.8) is 0 Å². The maximum Gasteiger partial charge on any atom is 0.115 e. The molecule has 1 fully saturated rings. The van der Waals surface area contributed by atoms with E-state index in [9.17, 15) is 0 Å². The highest BCUT2D eigenvalue weighted by Crippen LogP contribution is 2.20. The molecule has 14 heavy (non-hydrogen) atoms. The molecule has 76 valence electrons. The summed E-state index contributed by atoms with van der Waals surface area (Å²) in [7, 11) is 0. The van der Waals surface area contributed by atoms with E-state index in [0.717, 1.165) is 19.6 Å². The first-order valence-electron chi connectivity index (χ1n) is 5.20. The second-order valence-electron chi connectivity index (χ2n) is 3.95. The molecule has 1 aliphatic rings. The SMILES string of the molecule is Oc1ccc(CC2CCCOC2)cc1. The number of ether oxygens (including phenoxy) is 1. The average Bonchev–Trinajstić information content (AvgIpc) is 2.23. The molecule has 0 saturated carbocycles. The molecule has 1 aromatic carbocycles. The first-order valence-corrected chi connectivity index (χ1v) is 5.20. The van der Waals surface area contributed by atoms with Gasteiger partial charge in [0.2, 0.25) is 0 Å². The van der Waals surface area contributed by atoms with Crippen LogP contribution in [-0.2, 0) is 11.2 Å². The largest absolute Gasteiger partial charge is 0.508 e. The van der Waals surface area contributed by atoms with Crippen molar-refractivity contribution >= 4 is 0 Å². The van der Waals surface area contributed by atoms with Gasteiger partial charge < -0.3 is 9.84 Å². The van der Waals surface area contributed by atoms with E-state index in [1.807, 2.05) is 12.1 Å². The molecule has 0 aromatic heterocycles. The van der Waals surface area contributed by atoms with Gasteiger partial charge in [-0.15, -0.1) is 0 Å². The molecule has 1 saturated heterocycles. The lowest BCUT2D eigenvalue weighted by molar-refractivity contribution is 0.0550. The number of benzene rings is 1. The summed E-state index contributed by atoms with van der Waals surface area (Å²) in [5.74, 6) is 1.00. The third kappa shape index (κ3) is 2.48. The standard InChI is InChI=1S/C12H16O2/c13-12-5-3-10(4-6-12)8-11-2-1-7-14-9-11/h3-6,11,13H,1-2,7-9H2. The van der Waals surface area contributed by atoms with E-state index in [-0.39, 0.29) is 0 Å². The van der Waals surface area contributed by atoms with Gasteiger partial charge in [-0.2, -0.15) is 0 Å². The first kappa shape index (κ1) is 9.53. The predicted octanol–water partition coefficient (Wildman–Crippen LogP) is 2.36. The van der Waals surface area contributed by atoms with Gasteiger partial charge in [-0.1, -0.05) is 12.1 Å². The quantitative estimate of drug-likeness (QED) is 0.779. The van der Waals surface area contributed by atoms with Crippen molar-refractivity contribution in [3.8, 4) is 5.75 Å². The molecule has 1 aliphatic heterocycles. The molecule has 1 aromatic rings. The summed E-state index contributed by atoms with van der Waals surface area (Å²) < 4.78 is 5.43. The average molecular weight is 192 g/mol. The molecule has 0 radical (unpaired) electrons. The van der Waals surface area contributed by atoms with Gasteiger partial charge in [-0.3, -0.25) is 0 Å². The maximum absolute atomic E-state index is 9.14. The molecular weight excluding hydrogens is 176 g/mol. The molecule has 0 aliphatic carbocycles. The molecule has 2 nitrogen and oxygen atoms in total. The minimum atomic E-state index is 0.341.